The number of aliphatic hydroxyl groups excluding tert-OH is 6. The van der Waals surface area contributed by atoms with Crippen molar-refractivity contribution in [1.29, 1.82) is 0 Å². The molecule has 0 bridgehead atoms. The Morgan fingerprint density at radius 3 is 1.79 bits per heavy atom. The van der Waals surface area contributed by atoms with Crippen LogP contribution >= 0.6 is 0 Å². The van der Waals surface area contributed by atoms with Gasteiger partial charge < -0.3 is 45.4 Å². The molecule has 1 saturated heterocycles. The number of rotatable bonds is 33. The quantitative estimate of drug-likeness (QED) is 0.0274. The third kappa shape index (κ3) is 23.8. The lowest BCUT2D eigenvalue weighted by molar-refractivity contribution is -0.302. The van der Waals surface area contributed by atoms with Crippen LogP contribution < -0.4 is 5.32 Å². The van der Waals surface area contributed by atoms with E-state index in [1.54, 1.807) is 12.2 Å². The number of carbonyl (C=O) groups is 1. The van der Waals surface area contributed by atoms with Crippen molar-refractivity contribution in [2.45, 2.75) is 217 Å². The number of hydrogen-bond acceptors (Lipinski definition) is 9. The highest BCUT2D eigenvalue weighted by molar-refractivity contribution is 5.82. The molecule has 0 saturated carbocycles. The van der Waals surface area contributed by atoms with E-state index in [0.29, 0.717) is 6.42 Å². The predicted molar refractivity (Wildman–Crippen MR) is 213 cm³/mol. The van der Waals surface area contributed by atoms with Crippen molar-refractivity contribution >= 4 is 5.91 Å². The topological polar surface area (TPSA) is 169 Å². The molecule has 1 aliphatic rings. The van der Waals surface area contributed by atoms with Gasteiger partial charge in [-0.1, -0.05) is 159 Å². The Balaban J connectivity index is 2.60. The molecule has 1 rings (SSSR count). The molecule has 7 N–H and O–H groups in total. The largest absolute Gasteiger partial charge is 0.394 e. The van der Waals surface area contributed by atoms with Crippen molar-refractivity contribution in [2.24, 2.45) is 0 Å². The summed E-state index contributed by atoms with van der Waals surface area (Å²) >= 11 is 0. The van der Waals surface area contributed by atoms with Gasteiger partial charge >= 0.3 is 0 Å². The molecule has 0 aromatic rings. The molecule has 10 heteroatoms. The van der Waals surface area contributed by atoms with Crippen LogP contribution in [0.25, 0.3) is 0 Å². The summed E-state index contributed by atoms with van der Waals surface area (Å²) in [5.74, 6) is -0.714. The highest BCUT2D eigenvalue weighted by atomic mass is 16.7. The van der Waals surface area contributed by atoms with Gasteiger partial charge in [0.25, 0.3) is 5.91 Å². The van der Waals surface area contributed by atoms with Gasteiger partial charge in [-0.25, -0.2) is 0 Å². The molecule has 0 spiro atoms. The van der Waals surface area contributed by atoms with Gasteiger partial charge in [-0.15, -0.1) is 0 Å². The number of aliphatic hydroxyl groups is 6. The third-order valence-corrected chi connectivity index (χ3v) is 10.2. The van der Waals surface area contributed by atoms with Gasteiger partial charge in [0.15, 0.2) is 12.4 Å². The normalized spacial score (nSPS) is 22.8. The van der Waals surface area contributed by atoms with Crippen molar-refractivity contribution in [3.63, 3.8) is 0 Å². The second-order valence-corrected chi connectivity index (χ2v) is 15.1. The Kier molecular flexibility index (Phi) is 30.4. The zero-order chi connectivity index (χ0) is 39.1. The van der Waals surface area contributed by atoms with Crippen molar-refractivity contribution in [3.05, 3.63) is 36.0 Å². The molecular formula is C43H79NO9. The van der Waals surface area contributed by atoms with Crippen LogP contribution in [0, 0.1) is 0 Å². The van der Waals surface area contributed by atoms with E-state index >= 15 is 0 Å². The zero-order valence-corrected chi connectivity index (χ0v) is 33.6. The van der Waals surface area contributed by atoms with Gasteiger partial charge in [-0.05, 0) is 45.4 Å². The van der Waals surface area contributed by atoms with E-state index in [4.69, 9.17) is 9.47 Å². The van der Waals surface area contributed by atoms with Crippen molar-refractivity contribution in [3.8, 4) is 0 Å². The molecular weight excluding hydrogens is 674 g/mol. The number of amides is 1. The number of ether oxygens (including phenoxy) is 2. The highest BCUT2D eigenvalue weighted by Gasteiger charge is 2.44. The van der Waals surface area contributed by atoms with E-state index in [1.807, 2.05) is 6.08 Å². The summed E-state index contributed by atoms with van der Waals surface area (Å²) in [6.45, 7) is 5.68. The van der Waals surface area contributed by atoms with Crippen LogP contribution in [0.15, 0.2) is 36.0 Å². The fraction of sp³-hybridized carbons (Fsp3) is 0.837. The fourth-order valence-electron chi connectivity index (χ4n) is 6.57. The Hall–Kier alpha value is -1.63. The number of carbonyl (C=O) groups excluding carboxylic acids is 1. The SMILES string of the molecule is CCCCCCCCCCCC/C=C/[C@@H](O)C(=O)N[C@@H](CO[C@@H]1O[C@H](CO)[C@@H](O)[C@H](O)[C@H]1O)[C@H](O)/C=C/CC/C=C(\C)CCCCCCCCCCC. The summed E-state index contributed by atoms with van der Waals surface area (Å²) in [4.78, 5) is 13.0. The lowest BCUT2D eigenvalue weighted by Gasteiger charge is -2.40. The molecule has 1 heterocycles. The lowest BCUT2D eigenvalue weighted by atomic mass is 9.99. The Morgan fingerprint density at radius 2 is 1.23 bits per heavy atom. The van der Waals surface area contributed by atoms with Gasteiger partial charge in [-0.3, -0.25) is 4.79 Å². The minimum atomic E-state index is -1.62. The number of allylic oxidation sites excluding steroid dienone is 4. The second-order valence-electron chi connectivity index (χ2n) is 15.1. The van der Waals surface area contributed by atoms with Crippen LogP contribution in [0.1, 0.15) is 168 Å². The van der Waals surface area contributed by atoms with Crippen molar-refractivity contribution < 1.29 is 44.9 Å². The maximum absolute atomic E-state index is 13.0. The first kappa shape index (κ1) is 49.4. The summed E-state index contributed by atoms with van der Waals surface area (Å²) in [7, 11) is 0. The third-order valence-electron chi connectivity index (χ3n) is 10.2. The van der Waals surface area contributed by atoms with Crippen LogP contribution in [-0.4, -0.2) is 98.7 Å². The molecule has 0 unspecified atom stereocenters. The molecule has 1 amide bonds. The second kappa shape index (κ2) is 32.6. The van der Waals surface area contributed by atoms with E-state index in [1.165, 1.54) is 121 Å². The molecule has 1 aliphatic heterocycles. The first-order chi connectivity index (χ1) is 25.7. The Bertz CT molecular complexity index is 971. The van der Waals surface area contributed by atoms with Crippen LogP contribution in [0.2, 0.25) is 0 Å². The summed E-state index contributed by atoms with van der Waals surface area (Å²) in [5.41, 5.74) is 1.36. The predicted octanol–water partition coefficient (Wildman–Crippen LogP) is 7.08. The molecule has 310 valence electrons. The number of nitrogens with one attached hydrogen (secondary N) is 1. The molecule has 10 nitrogen and oxygen atoms in total. The molecule has 0 aliphatic carbocycles. The standard InChI is InChI=1S/C43H79NO9/c1-4-6-8-10-12-14-15-16-18-20-22-26-31-37(47)42(51)44-35(33-52-43-41(50)40(49)39(48)38(32-45)53-43)36(46)30-27-23-25-29-34(3)28-24-21-19-17-13-11-9-7-5-2/h26-27,29-31,35-41,43,45-50H,4-25,28,32-33H2,1-3H3,(H,44,51)/b30-27+,31-26+,34-29+/t35-,36+,37+,38+,39+,40-,41+,43+/m0/s1. The maximum atomic E-state index is 13.0. The van der Waals surface area contributed by atoms with E-state index in [9.17, 15) is 35.4 Å². The van der Waals surface area contributed by atoms with Crippen LogP contribution in [-0.2, 0) is 14.3 Å². The first-order valence-electron chi connectivity index (χ1n) is 21.2. The Labute approximate surface area is 322 Å². The molecule has 0 radical (unpaired) electrons. The zero-order valence-electron chi connectivity index (χ0n) is 33.6. The van der Waals surface area contributed by atoms with Crippen molar-refractivity contribution in [1.82, 2.24) is 5.32 Å². The Morgan fingerprint density at radius 1 is 0.698 bits per heavy atom. The lowest BCUT2D eigenvalue weighted by Crippen LogP contribution is -2.60. The van der Waals surface area contributed by atoms with Gasteiger partial charge in [0.2, 0.25) is 0 Å². The fourth-order valence-corrected chi connectivity index (χ4v) is 6.57. The molecule has 8 atom stereocenters. The van der Waals surface area contributed by atoms with Gasteiger partial charge in [0, 0.05) is 0 Å². The van der Waals surface area contributed by atoms with Crippen molar-refractivity contribution in [2.75, 3.05) is 13.2 Å². The minimum absolute atomic E-state index is 0.341. The van der Waals surface area contributed by atoms with E-state index < -0.39 is 61.5 Å². The minimum Gasteiger partial charge on any atom is -0.394 e. The van der Waals surface area contributed by atoms with Crippen LogP contribution in [0.3, 0.4) is 0 Å². The molecule has 1 fully saturated rings. The van der Waals surface area contributed by atoms with Gasteiger partial charge in [0.05, 0.1) is 25.4 Å². The highest BCUT2D eigenvalue weighted by Crippen LogP contribution is 2.22. The molecule has 0 aromatic heterocycles. The summed E-state index contributed by atoms with van der Waals surface area (Å²) in [6, 6.07) is -1.03. The van der Waals surface area contributed by atoms with Gasteiger partial charge in [0.1, 0.15) is 24.4 Å². The van der Waals surface area contributed by atoms with Gasteiger partial charge in [-0.2, -0.15) is 0 Å². The average molecular weight is 754 g/mol. The first-order valence-corrected chi connectivity index (χ1v) is 21.2. The summed E-state index contributed by atoms with van der Waals surface area (Å²) in [5, 5.41) is 64.4. The average Bonchev–Trinajstić information content (AvgIpc) is 3.15. The number of hydrogen-bond donors (Lipinski definition) is 7. The maximum Gasteiger partial charge on any atom is 0.253 e. The van der Waals surface area contributed by atoms with E-state index in [0.717, 1.165) is 32.1 Å². The van der Waals surface area contributed by atoms with Crippen LogP contribution in [0.5, 0.6) is 0 Å². The monoisotopic (exact) mass is 754 g/mol. The smallest absolute Gasteiger partial charge is 0.253 e. The summed E-state index contributed by atoms with van der Waals surface area (Å²) < 4.78 is 11.1. The molecule has 53 heavy (non-hydrogen) atoms. The van der Waals surface area contributed by atoms with E-state index in [2.05, 4.69) is 32.2 Å². The summed E-state index contributed by atoms with van der Waals surface area (Å²) in [6.07, 6.45) is 26.3. The number of unbranched alkanes of at least 4 members (excludes halogenated alkanes) is 19. The van der Waals surface area contributed by atoms with E-state index in [-0.39, 0.29) is 6.61 Å². The molecule has 0 aromatic carbocycles. The van der Waals surface area contributed by atoms with Crippen LogP contribution in [0.4, 0.5) is 0 Å².